The summed E-state index contributed by atoms with van der Waals surface area (Å²) in [6, 6.07) is 0. The van der Waals surface area contributed by atoms with Gasteiger partial charge in [-0.2, -0.15) is 0 Å². The molecule has 0 bridgehead atoms. The quantitative estimate of drug-likeness (QED) is 0.770. The van der Waals surface area contributed by atoms with Crippen molar-refractivity contribution in [3.8, 4) is 0 Å². The number of ether oxygens (including phenoxy) is 1. The van der Waals surface area contributed by atoms with Crippen molar-refractivity contribution < 1.29 is 9.84 Å². The van der Waals surface area contributed by atoms with Gasteiger partial charge in [0.25, 0.3) is 0 Å². The fourth-order valence-electron chi connectivity index (χ4n) is 2.34. The highest BCUT2D eigenvalue weighted by Crippen LogP contribution is 2.33. The van der Waals surface area contributed by atoms with Crippen LogP contribution < -0.4 is 0 Å². The van der Waals surface area contributed by atoms with Crippen LogP contribution in [0.2, 0.25) is 0 Å². The number of hydrogen-bond acceptors (Lipinski definition) is 3. The lowest BCUT2D eigenvalue weighted by molar-refractivity contribution is -0.0376. The Labute approximate surface area is 96.0 Å². The Morgan fingerprint density at radius 1 is 1.62 bits per heavy atom. The monoisotopic (exact) mass is 224 g/mol. The first-order valence-electron chi connectivity index (χ1n) is 6.05. The normalized spacial score (nSPS) is 26.4. The third-order valence-electron chi connectivity index (χ3n) is 3.18. The lowest BCUT2D eigenvalue weighted by atomic mass is 9.78. The second-order valence-electron chi connectivity index (χ2n) is 4.54. The molecule has 90 valence electrons. The lowest BCUT2D eigenvalue weighted by Crippen LogP contribution is -2.34. The maximum atomic E-state index is 9.87. The molecule has 1 aromatic rings. The minimum absolute atomic E-state index is 0.279. The number of imidazole rings is 1. The predicted octanol–water partition coefficient (Wildman–Crippen LogP) is 1.52. The van der Waals surface area contributed by atoms with Gasteiger partial charge in [0.05, 0.1) is 12.2 Å². The smallest absolute Gasteiger partial charge is 0.108 e. The number of aromatic amines is 1. The first kappa shape index (κ1) is 11.6. The van der Waals surface area contributed by atoms with Crippen LogP contribution in [0.5, 0.6) is 0 Å². The Morgan fingerprint density at radius 3 is 3.06 bits per heavy atom. The van der Waals surface area contributed by atoms with E-state index in [1.165, 1.54) is 0 Å². The molecule has 0 radical (unpaired) electrons. The Bertz CT molecular complexity index is 294. The van der Waals surface area contributed by atoms with E-state index in [4.69, 9.17) is 4.74 Å². The first-order chi connectivity index (χ1) is 7.78. The number of hydrogen-bond donors (Lipinski definition) is 2. The average molecular weight is 224 g/mol. The molecule has 0 aliphatic heterocycles. The van der Waals surface area contributed by atoms with Crippen molar-refractivity contribution in [2.24, 2.45) is 5.92 Å². The molecule has 1 atom stereocenters. The Morgan fingerprint density at radius 2 is 2.44 bits per heavy atom. The lowest BCUT2D eigenvalue weighted by Gasteiger charge is -2.35. The highest BCUT2D eigenvalue weighted by atomic mass is 16.5. The third-order valence-corrected chi connectivity index (χ3v) is 3.18. The summed E-state index contributed by atoms with van der Waals surface area (Å²) in [5, 5.41) is 9.87. The number of aromatic nitrogens is 2. The van der Waals surface area contributed by atoms with Crippen molar-refractivity contribution in [1.82, 2.24) is 9.97 Å². The molecule has 4 heteroatoms. The zero-order chi connectivity index (χ0) is 11.4. The Kier molecular flexibility index (Phi) is 3.96. The topological polar surface area (TPSA) is 58.1 Å². The van der Waals surface area contributed by atoms with Crippen molar-refractivity contribution >= 4 is 0 Å². The van der Waals surface area contributed by atoms with E-state index in [1.54, 1.807) is 12.4 Å². The van der Waals surface area contributed by atoms with Crippen LogP contribution in [0.3, 0.4) is 0 Å². The maximum absolute atomic E-state index is 9.87. The maximum Gasteiger partial charge on any atom is 0.108 e. The van der Waals surface area contributed by atoms with Gasteiger partial charge in [-0.3, -0.25) is 0 Å². The van der Waals surface area contributed by atoms with Gasteiger partial charge in [0.1, 0.15) is 5.82 Å². The summed E-state index contributed by atoms with van der Waals surface area (Å²) < 4.78 is 5.50. The van der Waals surface area contributed by atoms with Gasteiger partial charge in [-0.05, 0) is 32.1 Å². The minimum Gasteiger partial charge on any atom is -0.393 e. The molecule has 1 aromatic heterocycles. The molecule has 0 aromatic carbocycles. The van der Waals surface area contributed by atoms with E-state index >= 15 is 0 Å². The molecule has 16 heavy (non-hydrogen) atoms. The largest absolute Gasteiger partial charge is 0.393 e. The van der Waals surface area contributed by atoms with Gasteiger partial charge < -0.3 is 14.8 Å². The van der Waals surface area contributed by atoms with Gasteiger partial charge in [0.15, 0.2) is 0 Å². The summed E-state index contributed by atoms with van der Waals surface area (Å²) in [6.07, 6.45) is 7.36. The van der Waals surface area contributed by atoms with E-state index < -0.39 is 0 Å². The number of rotatable bonds is 6. The number of nitrogens with zero attached hydrogens (tertiary/aromatic N) is 1. The summed E-state index contributed by atoms with van der Waals surface area (Å²) in [5.74, 6) is 1.50. The van der Waals surface area contributed by atoms with Crippen molar-refractivity contribution in [3.63, 3.8) is 0 Å². The number of aliphatic hydroxyl groups excluding tert-OH is 1. The van der Waals surface area contributed by atoms with Gasteiger partial charge in [-0.25, -0.2) is 4.98 Å². The van der Waals surface area contributed by atoms with Crippen LogP contribution in [0, 0.1) is 5.92 Å². The van der Waals surface area contributed by atoms with Crippen LogP contribution >= 0.6 is 0 Å². The molecule has 1 aliphatic rings. The molecule has 1 unspecified atom stereocenters. The fourth-order valence-corrected chi connectivity index (χ4v) is 2.34. The van der Waals surface area contributed by atoms with Crippen LogP contribution in [0.1, 0.15) is 32.0 Å². The molecule has 2 N–H and O–H groups in total. The van der Waals surface area contributed by atoms with Crippen molar-refractivity contribution in [1.29, 1.82) is 0 Å². The van der Waals surface area contributed by atoms with Crippen LogP contribution in [-0.2, 0) is 11.2 Å². The van der Waals surface area contributed by atoms with E-state index in [-0.39, 0.29) is 6.10 Å². The molecule has 0 spiro atoms. The van der Waals surface area contributed by atoms with Gasteiger partial charge in [0, 0.05) is 25.4 Å². The van der Waals surface area contributed by atoms with Gasteiger partial charge in [-0.1, -0.05) is 0 Å². The molecule has 1 fully saturated rings. The minimum atomic E-state index is -0.279. The number of aliphatic hydroxyl groups is 1. The molecular formula is C12H20N2O2. The van der Waals surface area contributed by atoms with Gasteiger partial charge in [0.2, 0.25) is 0 Å². The summed E-state index contributed by atoms with van der Waals surface area (Å²) in [6.45, 7) is 2.82. The third kappa shape index (κ3) is 3.06. The highest BCUT2D eigenvalue weighted by molar-refractivity contribution is 4.91. The first-order valence-corrected chi connectivity index (χ1v) is 6.05. The summed E-state index contributed by atoms with van der Waals surface area (Å²) >= 11 is 0. The zero-order valence-corrected chi connectivity index (χ0v) is 9.72. The fraction of sp³-hybridized carbons (Fsp3) is 0.750. The average Bonchev–Trinajstić information content (AvgIpc) is 2.67. The molecule has 0 amide bonds. The molecule has 1 heterocycles. The standard InChI is InChI=1S/C12H20N2O2/c1-2-16-11-6-9(7-11)5-10(15)8-12-13-3-4-14-12/h3-4,9-11,15H,2,5-8H2,1H3,(H,13,14). The second-order valence-corrected chi connectivity index (χ2v) is 4.54. The molecule has 1 aliphatic carbocycles. The van der Waals surface area contributed by atoms with E-state index in [9.17, 15) is 5.11 Å². The summed E-state index contributed by atoms with van der Waals surface area (Å²) in [5.41, 5.74) is 0. The second kappa shape index (κ2) is 5.46. The van der Waals surface area contributed by atoms with E-state index in [0.29, 0.717) is 18.4 Å². The van der Waals surface area contributed by atoms with E-state index in [1.807, 2.05) is 6.92 Å². The molecule has 4 nitrogen and oxygen atoms in total. The van der Waals surface area contributed by atoms with E-state index in [0.717, 1.165) is 31.7 Å². The highest BCUT2D eigenvalue weighted by Gasteiger charge is 2.31. The van der Waals surface area contributed by atoms with E-state index in [2.05, 4.69) is 9.97 Å². The number of nitrogens with one attached hydrogen (secondary N) is 1. The molecule has 2 rings (SSSR count). The summed E-state index contributed by atoms with van der Waals surface area (Å²) in [7, 11) is 0. The molecular weight excluding hydrogens is 204 g/mol. The van der Waals surface area contributed by atoms with Crippen molar-refractivity contribution in [2.75, 3.05) is 6.61 Å². The SMILES string of the molecule is CCOC1CC(CC(O)Cc2ncc[nH]2)C1. The number of H-pyrrole nitrogens is 1. The molecule has 1 saturated carbocycles. The van der Waals surface area contributed by atoms with Crippen LogP contribution in [0.15, 0.2) is 12.4 Å². The van der Waals surface area contributed by atoms with Crippen molar-refractivity contribution in [3.05, 3.63) is 18.2 Å². The summed E-state index contributed by atoms with van der Waals surface area (Å²) in [4.78, 5) is 7.12. The van der Waals surface area contributed by atoms with Crippen molar-refractivity contribution in [2.45, 2.75) is 44.8 Å². The van der Waals surface area contributed by atoms with Crippen LogP contribution in [-0.4, -0.2) is 33.9 Å². The van der Waals surface area contributed by atoms with Gasteiger partial charge in [-0.15, -0.1) is 0 Å². The Hall–Kier alpha value is -0.870. The van der Waals surface area contributed by atoms with Gasteiger partial charge >= 0.3 is 0 Å². The Balaban J connectivity index is 1.64. The predicted molar refractivity (Wildman–Crippen MR) is 61.1 cm³/mol. The van der Waals surface area contributed by atoms with Crippen LogP contribution in [0.25, 0.3) is 0 Å². The molecule has 0 saturated heterocycles. The van der Waals surface area contributed by atoms with Crippen LogP contribution in [0.4, 0.5) is 0 Å². The zero-order valence-electron chi connectivity index (χ0n) is 9.72.